The monoisotopic (exact) mass is 240 g/mol. The number of nitrogens with one attached hydrogen (secondary N) is 1. The maximum absolute atomic E-state index is 11.4. The van der Waals surface area contributed by atoms with Crippen LogP contribution in [0.15, 0.2) is 12.7 Å². The van der Waals surface area contributed by atoms with Gasteiger partial charge in [-0.15, -0.1) is 6.58 Å². The van der Waals surface area contributed by atoms with E-state index in [4.69, 9.17) is 10.00 Å². The third-order valence-electron chi connectivity index (χ3n) is 1.81. The van der Waals surface area contributed by atoms with Crippen molar-refractivity contribution in [3.8, 4) is 6.07 Å². The summed E-state index contributed by atoms with van der Waals surface area (Å²) >= 11 is 0. The van der Waals surface area contributed by atoms with Crippen LogP contribution >= 0.6 is 0 Å². The number of esters is 1. The minimum atomic E-state index is -0.884. The molecular formula is C11H16N2O4. The van der Waals surface area contributed by atoms with Gasteiger partial charge >= 0.3 is 5.97 Å². The number of allylic oxidation sites excluding steroid dienone is 1. The number of amides is 1. The summed E-state index contributed by atoms with van der Waals surface area (Å²) < 4.78 is 9.39. The maximum Gasteiger partial charge on any atom is 0.332 e. The highest BCUT2D eigenvalue weighted by atomic mass is 16.5. The first-order valence-electron chi connectivity index (χ1n) is 5.08. The number of rotatable bonds is 8. The van der Waals surface area contributed by atoms with Crippen LogP contribution in [-0.2, 0) is 19.1 Å². The molecular weight excluding hydrogens is 224 g/mol. The zero-order chi connectivity index (χ0) is 13.1. The molecule has 1 N–H and O–H groups in total. The van der Waals surface area contributed by atoms with E-state index in [1.165, 1.54) is 7.11 Å². The third kappa shape index (κ3) is 7.09. The predicted molar refractivity (Wildman–Crippen MR) is 59.8 cm³/mol. The minimum Gasteiger partial charge on any atom is -0.449 e. The Hall–Kier alpha value is -1.87. The van der Waals surface area contributed by atoms with E-state index in [0.29, 0.717) is 6.42 Å². The van der Waals surface area contributed by atoms with Crippen molar-refractivity contribution in [3.63, 3.8) is 0 Å². The number of methoxy groups -OCH3 is 1. The summed E-state index contributed by atoms with van der Waals surface area (Å²) in [5.74, 6) is -0.971. The first-order chi connectivity index (χ1) is 8.15. The van der Waals surface area contributed by atoms with Crippen LogP contribution < -0.4 is 5.32 Å². The number of carbonyl (C=O) groups is 2. The quantitative estimate of drug-likeness (QED) is 0.482. The molecule has 0 aromatic heterocycles. The van der Waals surface area contributed by atoms with Crippen molar-refractivity contribution < 1.29 is 19.1 Å². The van der Waals surface area contributed by atoms with Gasteiger partial charge in [0.1, 0.15) is 6.07 Å². The van der Waals surface area contributed by atoms with Gasteiger partial charge in [-0.1, -0.05) is 6.08 Å². The lowest BCUT2D eigenvalue weighted by molar-refractivity contribution is -0.148. The Balaban J connectivity index is 4.22. The number of hydrogen-bond acceptors (Lipinski definition) is 5. The molecule has 0 aliphatic heterocycles. The van der Waals surface area contributed by atoms with E-state index in [2.05, 4.69) is 16.6 Å². The Kier molecular flexibility index (Phi) is 8.33. The van der Waals surface area contributed by atoms with Crippen LogP contribution in [0.2, 0.25) is 0 Å². The molecule has 6 nitrogen and oxygen atoms in total. The fraction of sp³-hybridized carbons (Fsp3) is 0.545. The molecule has 0 fully saturated rings. The van der Waals surface area contributed by atoms with E-state index in [1.807, 2.05) is 0 Å². The van der Waals surface area contributed by atoms with Crippen LogP contribution in [0, 0.1) is 11.3 Å². The summed E-state index contributed by atoms with van der Waals surface area (Å²) in [5.41, 5.74) is 0. The lowest BCUT2D eigenvalue weighted by Crippen LogP contribution is -2.44. The molecule has 0 aromatic rings. The number of ether oxygens (including phenoxy) is 2. The predicted octanol–water partition coefficient (Wildman–Crippen LogP) is 0.151. The molecule has 0 saturated heterocycles. The number of nitrogens with zero attached hydrogens (tertiary/aromatic N) is 1. The van der Waals surface area contributed by atoms with Gasteiger partial charge in [-0.2, -0.15) is 5.26 Å². The summed E-state index contributed by atoms with van der Waals surface area (Å²) in [6, 6.07) is 0.790. The Morgan fingerprint density at radius 2 is 2.29 bits per heavy atom. The van der Waals surface area contributed by atoms with Crippen molar-refractivity contribution in [2.24, 2.45) is 0 Å². The molecule has 0 radical (unpaired) electrons. The van der Waals surface area contributed by atoms with Gasteiger partial charge in [-0.25, -0.2) is 4.79 Å². The summed E-state index contributed by atoms with van der Waals surface area (Å²) in [7, 11) is 1.40. The highest BCUT2D eigenvalue weighted by Gasteiger charge is 2.21. The standard InChI is InChI=1S/C11H16N2O4/c1-3-4-5-10(14)13-9(8-16-2)11(15)17-7-6-12/h3,9H,1,4-5,7-8H2,2H3,(H,13,14)/t9-/m0/s1. The topological polar surface area (TPSA) is 88.4 Å². The highest BCUT2D eigenvalue weighted by molar-refractivity contribution is 5.84. The molecule has 0 unspecified atom stereocenters. The first kappa shape index (κ1) is 15.1. The van der Waals surface area contributed by atoms with Crippen molar-refractivity contribution in [2.45, 2.75) is 18.9 Å². The van der Waals surface area contributed by atoms with Crippen molar-refractivity contribution in [1.29, 1.82) is 5.26 Å². The second kappa shape index (κ2) is 9.36. The van der Waals surface area contributed by atoms with Gasteiger partial charge < -0.3 is 14.8 Å². The zero-order valence-corrected chi connectivity index (χ0v) is 9.77. The summed E-state index contributed by atoms with van der Waals surface area (Å²) in [6.07, 6.45) is 2.38. The zero-order valence-electron chi connectivity index (χ0n) is 9.77. The van der Waals surface area contributed by atoms with Crippen molar-refractivity contribution in [1.82, 2.24) is 5.32 Å². The lowest BCUT2D eigenvalue weighted by atomic mass is 10.2. The molecule has 0 aromatic carbocycles. The molecule has 0 saturated carbocycles. The van der Waals surface area contributed by atoms with Crippen molar-refractivity contribution in [3.05, 3.63) is 12.7 Å². The van der Waals surface area contributed by atoms with Crippen LogP contribution in [0.5, 0.6) is 0 Å². The number of carbonyl (C=O) groups excluding carboxylic acids is 2. The lowest BCUT2D eigenvalue weighted by Gasteiger charge is -2.15. The highest BCUT2D eigenvalue weighted by Crippen LogP contribution is 1.95. The molecule has 0 bridgehead atoms. The normalized spacial score (nSPS) is 11.1. The van der Waals surface area contributed by atoms with Crippen LogP contribution in [0.3, 0.4) is 0 Å². The molecule has 17 heavy (non-hydrogen) atoms. The summed E-state index contributed by atoms with van der Waals surface area (Å²) in [6.45, 7) is 3.15. The van der Waals surface area contributed by atoms with Gasteiger partial charge in [-0.3, -0.25) is 4.79 Å². The summed E-state index contributed by atoms with van der Waals surface area (Å²) in [5, 5.41) is 10.7. The molecule has 94 valence electrons. The average molecular weight is 240 g/mol. The SMILES string of the molecule is C=CCCC(=O)N[C@@H](COC)C(=O)OCC#N. The second-order valence-electron chi connectivity index (χ2n) is 3.17. The smallest absolute Gasteiger partial charge is 0.332 e. The van der Waals surface area contributed by atoms with Gasteiger partial charge in [0, 0.05) is 13.5 Å². The van der Waals surface area contributed by atoms with E-state index >= 15 is 0 Å². The minimum absolute atomic E-state index is 0.00406. The third-order valence-corrected chi connectivity index (χ3v) is 1.81. The molecule has 0 aliphatic rings. The Morgan fingerprint density at radius 3 is 2.82 bits per heavy atom. The van der Waals surface area contributed by atoms with Gasteiger partial charge in [0.05, 0.1) is 6.61 Å². The average Bonchev–Trinajstić information content (AvgIpc) is 2.32. The van der Waals surface area contributed by atoms with Crippen molar-refractivity contribution >= 4 is 11.9 Å². The van der Waals surface area contributed by atoms with Crippen LogP contribution in [0.4, 0.5) is 0 Å². The van der Waals surface area contributed by atoms with Crippen molar-refractivity contribution in [2.75, 3.05) is 20.3 Å². The molecule has 0 heterocycles. The Labute approximate surface area is 100 Å². The maximum atomic E-state index is 11.4. The van der Waals surface area contributed by atoms with E-state index in [9.17, 15) is 9.59 Å². The number of hydrogen-bond donors (Lipinski definition) is 1. The number of nitriles is 1. The summed E-state index contributed by atoms with van der Waals surface area (Å²) in [4.78, 5) is 22.8. The van der Waals surface area contributed by atoms with Gasteiger partial charge in [-0.05, 0) is 6.42 Å². The van der Waals surface area contributed by atoms with E-state index in [1.54, 1.807) is 12.1 Å². The molecule has 0 aliphatic carbocycles. The molecule has 6 heteroatoms. The molecule has 0 spiro atoms. The van der Waals surface area contributed by atoms with Gasteiger partial charge in [0.2, 0.25) is 5.91 Å². The Morgan fingerprint density at radius 1 is 1.59 bits per heavy atom. The molecule has 0 rings (SSSR count). The first-order valence-corrected chi connectivity index (χ1v) is 5.08. The van der Waals surface area contributed by atoms with E-state index in [-0.39, 0.29) is 25.5 Å². The van der Waals surface area contributed by atoms with Gasteiger partial charge in [0.25, 0.3) is 0 Å². The molecule has 1 amide bonds. The Bertz CT molecular complexity index is 309. The van der Waals surface area contributed by atoms with Crippen LogP contribution in [0.1, 0.15) is 12.8 Å². The largest absolute Gasteiger partial charge is 0.449 e. The van der Waals surface area contributed by atoms with Gasteiger partial charge in [0.15, 0.2) is 12.6 Å². The van der Waals surface area contributed by atoms with E-state index in [0.717, 1.165) is 0 Å². The van der Waals surface area contributed by atoms with E-state index < -0.39 is 12.0 Å². The van der Waals surface area contributed by atoms with Crippen LogP contribution in [-0.4, -0.2) is 38.2 Å². The fourth-order valence-electron chi connectivity index (χ4n) is 1.04. The second-order valence-corrected chi connectivity index (χ2v) is 3.17. The fourth-order valence-corrected chi connectivity index (χ4v) is 1.04. The van der Waals surface area contributed by atoms with Crippen LogP contribution in [0.25, 0.3) is 0 Å². The molecule has 1 atom stereocenters.